The number of hydrogen-bond donors (Lipinski definition) is 0. The van der Waals surface area contributed by atoms with Gasteiger partial charge in [-0.2, -0.15) is 17.0 Å². The maximum Gasteiger partial charge on any atom is 0.0633 e. The number of ether oxygens (including phenoxy) is 1. The lowest BCUT2D eigenvalue weighted by Gasteiger charge is -2.04. The Morgan fingerprint density at radius 2 is 2.40 bits per heavy atom. The van der Waals surface area contributed by atoms with Crippen LogP contribution in [0.4, 0.5) is 0 Å². The molecule has 1 atom stereocenters. The molecule has 0 rings (SSSR count). The monoisotopic (exact) mass is 159 g/mol. The summed E-state index contributed by atoms with van der Waals surface area (Å²) in [7, 11) is 1.69. The first-order valence-electron chi connectivity index (χ1n) is 3.28. The third kappa shape index (κ3) is 5.93. The second-order valence-corrected chi connectivity index (χ2v) is 3.58. The molecule has 0 amide bonds. The van der Waals surface area contributed by atoms with E-state index < -0.39 is 0 Å². The normalized spacial score (nSPS) is 12.5. The molecule has 0 N–H and O–H groups in total. The van der Waals surface area contributed by atoms with Gasteiger partial charge in [0.25, 0.3) is 0 Å². The van der Waals surface area contributed by atoms with Gasteiger partial charge >= 0.3 is 0 Å². The third-order valence-corrected chi connectivity index (χ3v) is 2.21. The molecule has 2 nitrogen and oxygen atoms in total. The Labute approximate surface area is 66.6 Å². The zero-order valence-corrected chi connectivity index (χ0v) is 7.28. The van der Waals surface area contributed by atoms with Gasteiger partial charge in [-0.05, 0) is 0 Å². The van der Waals surface area contributed by atoms with Gasteiger partial charge in [0, 0.05) is 24.5 Å². The average molecular weight is 159 g/mol. The minimum atomic E-state index is 0.445. The Morgan fingerprint density at radius 1 is 1.70 bits per heavy atom. The first kappa shape index (κ1) is 9.80. The van der Waals surface area contributed by atoms with E-state index in [1.54, 1.807) is 18.9 Å². The molecule has 0 saturated carbocycles. The molecule has 0 spiro atoms. The van der Waals surface area contributed by atoms with Crippen LogP contribution in [-0.4, -0.2) is 24.7 Å². The Bertz CT molecular complexity index is 111. The predicted molar refractivity (Wildman–Crippen MR) is 44.0 cm³/mol. The minimum Gasteiger partial charge on any atom is -0.384 e. The lowest BCUT2D eigenvalue weighted by atomic mass is 10.4. The minimum absolute atomic E-state index is 0.445. The van der Waals surface area contributed by atoms with Gasteiger partial charge in [-0.25, -0.2) is 0 Å². The van der Waals surface area contributed by atoms with Crippen LogP contribution in [0.25, 0.3) is 0 Å². The van der Waals surface area contributed by atoms with Crippen LogP contribution in [0.2, 0.25) is 0 Å². The predicted octanol–water partition coefficient (Wildman–Crippen LogP) is 1.67. The Morgan fingerprint density at radius 3 is 2.90 bits per heavy atom. The summed E-state index contributed by atoms with van der Waals surface area (Å²) in [6, 6.07) is 2.13. The van der Waals surface area contributed by atoms with Crippen molar-refractivity contribution in [3.05, 3.63) is 0 Å². The third-order valence-electron chi connectivity index (χ3n) is 1.07. The molecule has 58 valence electrons. The molecule has 10 heavy (non-hydrogen) atoms. The van der Waals surface area contributed by atoms with Gasteiger partial charge in [0.2, 0.25) is 0 Å². The first-order chi connectivity index (χ1) is 4.81. The molecule has 1 unspecified atom stereocenters. The summed E-state index contributed by atoms with van der Waals surface area (Å²) in [5.74, 6) is 0.985. The molecular weight excluding hydrogens is 146 g/mol. The van der Waals surface area contributed by atoms with E-state index in [9.17, 15) is 0 Å². The van der Waals surface area contributed by atoms with Crippen LogP contribution in [0.15, 0.2) is 0 Å². The van der Waals surface area contributed by atoms with Gasteiger partial charge in [0.1, 0.15) is 0 Å². The number of nitriles is 1. The molecule has 3 heteroatoms. The second-order valence-electron chi connectivity index (χ2n) is 2.04. The van der Waals surface area contributed by atoms with Crippen molar-refractivity contribution in [1.29, 1.82) is 5.26 Å². The van der Waals surface area contributed by atoms with Crippen LogP contribution >= 0.6 is 11.8 Å². The average Bonchev–Trinajstić information content (AvgIpc) is 1.89. The molecule has 0 aliphatic carbocycles. The second kappa shape index (κ2) is 6.91. The zero-order chi connectivity index (χ0) is 7.82. The molecule has 0 fully saturated rings. The quantitative estimate of drug-likeness (QED) is 0.572. The van der Waals surface area contributed by atoms with Gasteiger partial charge in [0.05, 0.1) is 12.7 Å². The Balaban J connectivity index is 3.06. The van der Waals surface area contributed by atoms with E-state index in [2.05, 4.69) is 13.0 Å². The van der Waals surface area contributed by atoms with Gasteiger partial charge in [-0.3, -0.25) is 0 Å². The largest absolute Gasteiger partial charge is 0.384 e. The fraction of sp³-hybridized carbons (Fsp3) is 0.857. The molecular formula is C7H13NOS. The fourth-order valence-corrected chi connectivity index (χ4v) is 1.38. The highest BCUT2D eigenvalue weighted by Gasteiger charge is 1.99. The van der Waals surface area contributed by atoms with Gasteiger partial charge in [-0.15, -0.1) is 0 Å². The maximum atomic E-state index is 8.30. The molecule has 0 aromatic carbocycles. The van der Waals surface area contributed by atoms with Crippen molar-refractivity contribution in [2.75, 3.05) is 19.5 Å². The van der Waals surface area contributed by atoms with Crippen LogP contribution in [0, 0.1) is 11.3 Å². The number of methoxy groups -OCH3 is 1. The highest BCUT2D eigenvalue weighted by Crippen LogP contribution is 2.12. The van der Waals surface area contributed by atoms with Crippen LogP contribution < -0.4 is 0 Å². The SMILES string of the molecule is COCCSC(C)CC#N. The summed E-state index contributed by atoms with van der Waals surface area (Å²) in [5.41, 5.74) is 0. The first-order valence-corrected chi connectivity index (χ1v) is 4.33. The van der Waals surface area contributed by atoms with E-state index in [1.165, 1.54) is 0 Å². The highest BCUT2D eigenvalue weighted by atomic mass is 32.2. The van der Waals surface area contributed by atoms with Crippen molar-refractivity contribution in [2.45, 2.75) is 18.6 Å². The molecule has 0 bridgehead atoms. The molecule has 0 aliphatic heterocycles. The van der Waals surface area contributed by atoms with E-state index in [1.807, 2.05) is 0 Å². The van der Waals surface area contributed by atoms with E-state index >= 15 is 0 Å². The molecule has 0 aliphatic rings. The Hall–Kier alpha value is -0.200. The van der Waals surface area contributed by atoms with Crippen molar-refractivity contribution in [3.8, 4) is 6.07 Å². The summed E-state index contributed by atoms with van der Waals surface area (Å²) in [5, 5.41) is 8.74. The molecule has 0 aromatic rings. The lowest BCUT2D eigenvalue weighted by molar-refractivity contribution is 0.218. The smallest absolute Gasteiger partial charge is 0.0633 e. The number of rotatable bonds is 5. The van der Waals surface area contributed by atoms with Gasteiger partial charge in [0.15, 0.2) is 0 Å². The highest BCUT2D eigenvalue weighted by molar-refractivity contribution is 7.99. The molecule has 0 aromatic heterocycles. The lowest BCUT2D eigenvalue weighted by Crippen LogP contribution is -1.99. The summed E-state index contributed by atoms with van der Waals surface area (Å²) >= 11 is 1.78. The summed E-state index contributed by atoms with van der Waals surface area (Å²) < 4.78 is 4.87. The summed E-state index contributed by atoms with van der Waals surface area (Å²) in [4.78, 5) is 0. The van der Waals surface area contributed by atoms with Crippen molar-refractivity contribution in [2.24, 2.45) is 0 Å². The number of nitrogens with zero attached hydrogens (tertiary/aromatic N) is 1. The zero-order valence-electron chi connectivity index (χ0n) is 6.46. The van der Waals surface area contributed by atoms with E-state index in [-0.39, 0.29) is 0 Å². The molecule has 0 heterocycles. The van der Waals surface area contributed by atoms with Crippen molar-refractivity contribution in [3.63, 3.8) is 0 Å². The van der Waals surface area contributed by atoms with E-state index in [4.69, 9.17) is 10.00 Å². The Kier molecular flexibility index (Phi) is 6.78. The summed E-state index contributed by atoms with van der Waals surface area (Å²) in [6.07, 6.45) is 0.633. The van der Waals surface area contributed by atoms with Crippen LogP contribution in [-0.2, 0) is 4.74 Å². The van der Waals surface area contributed by atoms with Crippen LogP contribution in [0.5, 0.6) is 0 Å². The molecule has 0 saturated heterocycles. The maximum absolute atomic E-state index is 8.30. The van der Waals surface area contributed by atoms with E-state index in [0.717, 1.165) is 12.4 Å². The van der Waals surface area contributed by atoms with Crippen LogP contribution in [0.1, 0.15) is 13.3 Å². The van der Waals surface area contributed by atoms with Gasteiger partial charge in [-0.1, -0.05) is 6.92 Å². The standard InChI is InChI=1S/C7H13NOS/c1-7(3-4-8)10-6-5-9-2/h7H,3,5-6H2,1-2H3. The van der Waals surface area contributed by atoms with Crippen molar-refractivity contribution in [1.82, 2.24) is 0 Å². The number of hydrogen-bond acceptors (Lipinski definition) is 3. The van der Waals surface area contributed by atoms with Crippen LogP contribution in [0.3, 0.4) is 0 Å². The number of thioether (sulfide) groups is 1. The van der Waals surface area contributed by atoms with Crippen molar-refractivity contribution >= 4 is 11.8 Å². The molecule has 0 radical (unpaired) electrons. The summed E-state index contributed by atoms with van der Waals surface area (Å²) in [6.45, 7) is 2.84. The topological polar surface area (TPSA) is 33.0 Å². The van der Waals surface area contributed by atoms with Gasteiger partial charge < -0.3 is 4.74 Å². The van der Waals surface area contributed by atoms with E-state index in [0.29, 0.717) is 11.7 Å². The van der Waals surface area contributed by atoms with Crippen molar-refractivity contribution < 1.29 is 4.74 Å². The fourth-order valence-electron chi connectivity index (χ4n) is 0.520.